The Morgan fingerprint density at radius 3 is 1.73 bits per heavy atom. The van der Waals surface area contributed by atoms with Crippen molar-refractivity contribution in [2.24, 2.45) is 5.92 Å². The number of para-hydroxylation sites is 1. The number of rotatable bonds is 7. The zero-order valence-electron chi connectivity index (χ0n) is 23.1. The van der Waals surface area contributed by atoms with Gasteiger partial charge in [0.25, 0.3) is 0 Å². The molecule has 6 rings (SSSR count). The summed E-state index contributed by atoms with van der Waals surface area (Å²) in [5.41, 5.74) is 10.6. The maximum atomic E-state index is 2.38. The predicted octanol–water partition coefficient (Wildman–Crippen LogP) is 10.6. The van der Waals surface area contributed by atoms with Gasteiger partial charge in [-0.3, -0.25) is 0 Å². The highest BCUT2D eigenvalue weighted by atomic mass is 15.1. The molecule has 0 fully saturated rings. The van der Waals surface area contributed by atoms with Crippen LogP contribution in [0.15, 0.2) is 152 Å². The first kappa shape index (κ1) is 25.5. The minimum absolute atomic E-state index is 0.552. The fraction of sp³-hybridized carbons (Fsp3) is 0.105. The molecule has 2 heteroatoms. The molecule has 1 aliphatic rings. The maximum absolute atomic E-state index is 2.38. The van der Waals surface area contributed by atoms with Gasteiger partial charge in [-0.25, -0.2) is 0 Å². The summed E-state index contributed by atoms with van der Waals surface area (Å²) >= 11 is 0. The van der Waals surface area contributed by atoms with E-state index in [0.29, 0.717) is 5.92 Å². The molecule has 0 radical (unpaired) electrons. The first-order valence-electron chi connectivity index (χ1n) is 14.0. The summed E-state index contributed by atoms with van der Waals surface area (Å²) in [5, 5.41) is 0. The van der Waals surface area contributed by atoms with Crippen LogP contribution in [-0.2, 0) is 0 Å². The molecular formula is C38H34N2. The molecule has 0 aliphatic heterocycles. The van der Waals surface area contributed by atoms with Crippen molar-refractivity contribution in [3.05, 3.63) is 157 Å². The summed E-state index contributed by atoms with van der Waals surface area (Å²) in [6.45, 7) is 2.28. The molecule has 196 valence electrons. The smallest absolute Gasteiger partial charge is 0.0467 e. The zero-order valence-corrected chi connectivity index (χ0v) is 23.1. The Labute approximate surface area is 238 Å². The van der Waals surface area contributed by atoms with Crippen molar-refractivity contribution in [2.45, 2.75) is 13.3 Å². The predicted molar refractivity (Wildman–Crippen MR) is 172 cm³/mol. The molecule has 5 aromatic carbocycles. The quantitative estimate of drug-likeness (QED) is 0.211. The summed E-state index contributed by atoms with van der Waals surface area (Å²) in [6.07, 6.45) is 8.03. The van der Waals surface area contributed by atoms with Crippen LogP contribution in [0.1, 0.15) is 18.9 Å². The monoisotopic (exact) mass is 518 g/mol. The normalized spacial score (nSPS) is 14.4. The number of hydrogen-bond donors (Lipinski definition) is 0. The molecule has 0 spiro atoms. The Kier molecular flexibility index (Phi) is 7.32. The van der Waals surface area contributed by atoms with Crippen LogP contribution in [0.25, 0.3) is 16.7 Å². The number of anilines is 5. The van der Waals surface area contributed by atoms with E-state index in [4.69, 9.17) is 0 Å². The summed E-state index contributed by atoms with van der Waals surface area (Å²) in [7, 11) is 2.11. The molecule has 0 amide bonds. The summed E-state index contributed by atoms with van der Waals surface area (Å²) in [4.78, 5) is 4.58. The van der Waals surface area contributed by atoms with E-state index in [1.165, 1.54) is 28.0 Å². The summed E-state index contributed by atoms with van der Waals surface area (Å²) in [5.74, 6) is 0.552. The fourth-order valence-electron chi connectivity index (χ4n) is 5.39. The molecule has 0 heterocycles. The topological polar surface area (TPSA) is 6.48 Å². The number of hydrogen-bond acceptors (Lipinski definition) is 2. The third-order valence-corrected chi connectivity index (χ3v) is 7.56. The minimum atomic E-state index is 0.552. The van der Waals surface area contributed by atoms with Crippen molar-refractivity contribution in [3.63, 3.8) is 0 Å². The second-order valence-electron chi connectivity index (χ2n) is 10.5. The van der Waals surface area contributed by atoms with Crippen molar-refractivity contribution in [2.75, 3.05) is 16.8 Å². The highest BCUT2D eigenvalue weighted by Gasteiger charge is 2.16. The van der Waals surface area contributed by atoms with Gasteiger partial charge in [0.15, 0.2) is 0 Å². The van der Waals surface area contributed by atoms with Crippen molar-refractivity contribution in [1.29, 1.82) is 0 Å². The second kappa shape index (κ2) is 11.5. The van der Waals surface area contributed by atoms with E-state index in [0.717, 1.165) is 29.2 Å². The Bertz CT molecular complexity index is 1630. The average molecular weight is 519 g/mol. The Morgan fingerprint density at radius 1 is 0.525 bits per heavy atom. The first-order chi connectivity index (χ1) is 19.7. The lowest BCUT2D eigenvalue weighted by atomic mass is 9.93. The molecule has 0 aromatic heterocycles. The standard InChI is InChI=1S/C38H34N2/c1-29-12-9-15-31(26-29)33-17-11-21-38(28-33)40(37-20-10-16-32(27-37)30-13-5-3-6-14-30)36-24-22-35(23-25-36)39(2)34-18-7-4-8-19-34/h3-11,13-29H,12H2,1-2H3. The van der Waals surface area contributed by atoms with E-state index in [9.17, 15) is 0 Å². The van der Waals surface area contributed by atoms with Crippen LogP contribution in [0.2, 0.25) is 0 Å². The van der Waals surface area contributed by atoms with Gasteiger partial charge >= 0.3 is 0 Å². The van der Waals surface area contributed by atoms with Gasteiger partial charge in [0.1, 0.15) is 0 Å². The van der Waals surface area contributed by atoms with Crippen LogP contribution in [0.4, 0.5) is 28.4 Å². The Hall–Kier alpha value is -4.82. The van der Waals surface area contributed by atoms with Crippen molar-refractivity contribution in [3.8, 4) is 11.1 Å². The van der Waals surface area contributed by atoms with E-state index >= 15 is 0 Å². The molecule has 0 N–H and O–H groups in total. The van der Waals surface area contributed by atoms with Crippen LogP contribution in [-0.4, -0.2) is 7.05 Å². The maximum Gasteiger partial charge on any atom is 0.0467 e. The van der Waals surface area contributed by atoms with Gasteiger partial charge in [-0.2, -0.15) is 0 Å². The number of benzene rings is 5. The summed E-state index contributed by atoms with van der Waals surface area (Å²) in [6, 6.07) is 47.6. The Morgan fingerprint density at radius 2 is 1.05 bits per heavy atom. The molecular weight excluding hydrogens is 484 g/mol. The minimum Gasteiger partial charge on any atom is -0.345 e. The molecule has 1 aliphatic carbocycles. The van der Waals surface area contributed by atoms with Gasteiger partial charge < -0.3 is 9.80 Å². The largest absolute Gasteiger partial charge is 0.345 e. The molecule has 40 heavy (non-hydrogen) atoms. The van der Waals surface area contributed by atoms with Gasteiger partial charge in [-0.1, -0.05) is 97.9 Å². The van der Waals surface area contributed by atoms with Crippen LogP contribution < -0.4 is 9.80 Å². The van der Waals surface area contributed by atoms with E-state index < -0.39 is 0 Å². The van der Waals surface area contributed by atoms with Gasteiger partial charge in [0.2, 0.25) is 0 Å². The van der Waals surface area contributed by atoms with E-state index in [1.54, 1.807) is 0 Å². The van der Waals surface area contributed by atoms with E-state index in [1.807, 2.05) is 0 Å². The molecule has 0 saturated carbocycles. The van der Waals surface area contributed by atoms with Crippen molar-refractivity contribution < 1.29 is 0 Å². The SMILES string of the molecule is CC1C=C(c2cccc(N(c3ccc(N(C)c4ccccc4)cc3)c3cccc(-c4ccccc4)c3)c2)C=CC1. The molecule has 0 saturated heterocycles. The van der Waals surface area contributed by atoms with Gasteiger partial charge in [-0.05, 0) is 95.3 Å². The molecule has 2 nitrogen and oxygen atoms in total. The van der Waals surface area contributed by atoms with Gasteiger partial charge in [0, 0.05) is 35.5 Å². The molecule has 0 bridgehead atoms. The van der Waals surface area contributed by atoms with Crippen molar-refractivity contribution >= 4 is 34.0 Å². The third-order valence-electron chi connectivity index (χ3n) is 7.56. The lowest BCUT2D eigenvalue weighted by Gasteiger charge is -2.28. The number of allylic oxidation sites excluding steroid dienone is 4. The fourth-order valence-corrected chi connectivity index (χ4v) is 5.39. The van der Waals surface area contributed by atoms with Crippen molar-refractivity contribution in [1.82, 2.24) is 0 Å². The van der Waals surface area contributed by atoms with Crippen LogP contribution >= 0.6 is 0 Å². The number of nitrogens with zero attached hydrogens (tertiary/aromatic N) is 2. The zero-order chi connectivity index (χ0) is 27.3. The molecule has 1 unspecified atom stereocenters. The third kappa shape index (κ3) is 5.48. The van der Waals surface area contributed by atoms with E-state index in [2.05, 4.69) is 175 Å². The lowest BCUT2D eigenvalue weighted by molar-refractivity contribution is 0.740. The highest BCUT2D eigenvalue weighted by molar-refractivity contribution is 5.84. The summed E-state index contributed by atoms with van der Waals surface area (Å²) < 4.78 is 0. The second-order valence-corrected chi connectivity index (χ2v) is 10.5. The van der Waals surface area contributed by atoms with Crippen LogP contribution in [0.5, 0.6) is 0 Å². The molecule has 1 atom stereocenters. The highest BCUT2D eigenvalue weighted by Crippen LogP contribution is 2.39. The van der Waals surface area contributed by atoms with Crippen LogP contribution in [0, 0.1) is 5.92 Å². The van der Waals surface area contributed by atoms with E-state index in [-0.39, 0.29) is 0 Å². The van der Waals surface area contributed by atoms with Gasteiger partial charge in [0.05, 0.1) is 0 Å². The first-order valence-corrected chi connectivity index (χ1v) is 14.0. The van der Waals surface area contributed by atoms with Crippen LogP contribution in [0.3, 0.4) is 0 Å². The molecule has 5 aromatic rings. The average Bonchev–Trinajstić information content (AvgIpc) is 3.02. The van der Waals surface area contributed by atoms with Gasteiger partial charge in [-0.15, -0.1) is 0 Å². The lowest BCUT2D eigenvalue weighted by Crippen LogP contribution is -2.12. The Balaban J connectivity index is 1.43.